The van der Waals surface area contributed by atoms with Crippen molar-refractivity contribution in [3.05, 3.63) is 42.7 Å². The summed E-state index contributed by atoms with van der Waals surface area (Å²) < 4.78 is 40.4. The number of carbonyl (C=O) groups is 1. The number of nitrogens with one attached hydrogen (secondary N) is 1. The summed E-state index contributed by atoms with van der Waals surface area (Å²) in [6, 6.07) is 4.75. The molecule has 11 heteroatoms. The highest BCUT2D eigenvalue weighted by molar-refractivity contribution is 8.01. The molecule has 1 amide bonds. The molecule has 1 saturated heterocycles. The Bertz CT molecular complexity index is 939. The van der Waals surface area contributed by atoms with E-state index in [0.717, 1.165) is 16.5 Å². The molecule has 1 aliphatic rings. The van der Waals surface area contributed by atoms with Crippen LogP contribution in [0.2, 0.25) is 0 Å². The number of hydrogen-bond donors (Lipinski definition) is 1. The minimum atomic E-state index is -3.69. The Morgan fingerprint density at radius 2 is 2.00 bits per heavy atom. The Balaban J connectivity index is 1.55. The number of piperidine rings is 1. The van der Waals surface area contributed by atoms with Crippen LogP contribution in [0.4, 0.5) is 9.52 Å². The van der Waals surface area contributed by atoms with Gasteiger partial charge in [0.05, 0.1) is 4.90 Å². The zero-order chi connectivity index (χ0) is 20.1. The van der Waals surface area contributed by atoms with E-state index in [4.69, 9.17) is 0 Å². The number of sulfonamides is 1. The summed E-state index contributed by atoms with van der Waals surface area (Å²) in [4.78, 5) is 12.5. The zero-order valence-electron chi connectivity index (χ0n) is 14.9. The lowest BCUT2D eigenvalue weighted by atomic mass is 9.97. The minimum absolute atomic E-state index is 0.0511. The van der Waals surface area contributed by atoms with Gasteiger partial charge in [0.1, 0.15) is 5.82 Å². The lowest BCUT2D eigenvalue weighted by Gasteiger charge is -2.30. The fourth-order valence-electron chi connectivity index (χ4n) is 2.77. The van der Waals surface area contributed by atoms with Gasteiger partial charge in [0, 0.05) is 24.8 Å². The smallest absolute Gasteiger partial charge is 0.243 e. The zero-order valence-corrected chi connectivity index (χ0v) is 17.3. The van der Waals surface area contributed by atoms with Gasteiger partial charge in [0.15, 0.2) is 4.34 Å². The highest BCUT2D eigenvalue weighted by atomic mass is 32.2. The number of anilines is 1. The van der Waals surface area contributed by atoms with Crippen molar-refractivity contribution in [2.24, 2.45) is 5.92 Å². The minimum Gasteiger partial charge on any atom is -0.300 e. The van der Waals surface area contributed by atoms with Crippen LogP contribution in [0, 0.1) is 11.7 Å². The van der Waals surface area contributed by atoms with Crippen LogP contribution in [0.1, 0.15) is 12.8 Å². The molecule has 1 aromatic heterocycles. The Kier molecular flexibility index (Phi) is 6.81. The molecule has 28 heavy (non-hydrogen) atoms. The van der Waals surface area contributed by atoms with Crippen LogP contribution in [0.3, 0.4) is 0 Å². The van der Waals surface area contributed by atoms with Crippen molar-refractivity contribution in [1.29, 1.82) is 0 Å². The summed E-state index contributed by atoms with van der Waals surface area (Å²) in [5.41, 5.74) is 0. The first kappa shape index (κ1) is 20.9. The third-order valence-electron chi connectivity index (χ3n) is 4.24. The standard InChI is InChI=1S/C17H19FN4O3S3/c1-2-11-26-17-21-20-16(27-17)19-15(23)12-7-9-22(10-8-12)28(24,25)14-5-3-13(18)4-6-14/h2-6,12H,1,7-11H2,(H,19,20,23). The van der Waals surface area contributed by atoms with Gasteiger partial charge in [-0.2, -0.15) is 4.31 Å². The van der Waals surface area contributed by atoms with Crippen LogP contribution in [0.25, 0.3) is 0 Å². The molecule has 0 radical (unpaired) electrons. The third kappa shape index (κ3) is 4.96. The molecule has 0 atom stereocenters. The average Bonchev–Trinajstić information content (AvgIpc) is 3.14. The van der Waals surface area contributed by atoms with E-state index < -0.39 is 15.8 Å². The first-order valence-corrected chi connectivity index (χ1v) is 11.8. The molecule has 1 aromatic carbocycles. The summed E-state index contributed by atoms with van der Waals surface area (Å²) >= 11 is 2.78. The molecule has 1 N–H and O–H groups in total. The van der Waals surface area contributed by atoms with Crippen LogP contribution in [0.15, 0.2) is 46.2 Å². The van der Waals surface area contributed by atoms with Gasteiger partial charge < -0.3 is 5.32 Å². The molecule has 0 unspecified atom stereocenters. The number of rotatable bonds is 7. The second-order valence-corrected chi connectivity index (χ2v) is 10.3. The maximum atomic E-state index is 13.0. The first-order valence-electron chi connectivity index (χ1n) is 8.54. The van der Waals surface area contributed by atoms with E-state index in [-0.39, 0.29) is 29.8 Å². The fourth-order valence-corrected chi connectivity index (χ4v) is 5.76. The quantitative estimate of drug-likeness (QED) is 0.403. The van der Waals surface area contributed by atoms with Crippen molar-refractivity contribution in [3.63, 3.8) is 0 Å². The SMILES string of the molecule is C=CCSc1nnc(NC(=O)C2CCN(S(=O)(=O)c3ccc(F)cc3)CC2)s1. The molecular weight excluding hydrogens is 423 g/mol. The van der Waals surface area contributed by atoms with E-state index in [0.29, 0.717) is 23.7 Å². The van der Waals surface area contributed by atoms with Gasteiger partial charge in [-0.25, -0.2) is 12.8 Å². The van der Waals surface area contributed by atoms with E-state index in [1.807, 2.05) is 0 Å². The van der Waals surface area contributed by atoms with Gasteiger partial charge in [0.25, 0.3) is 0 Å². The normalized spacial score (nSPS) is 16.0. The number of hydrogen-bond acceptors (Lipinski definition) is 7. The highest BCUT2D eigenvalue weighted by Gasteiger charge is 2.32. The number of amides is 1. The number of nitrogens with zero attached hydrogens (tertiary/aromatic N) is 3. The van der Waals surface area contributed by atoms with Gasteiger partial charge in [0.2, 0.25) is 21.1 Å². The van der Waals surface area contributed by atoms with Gasteiger partial charge in [-0.05, 0) is 37.1 Å². The van der Waals surface area contributed by atoms with Crippen LogP contribution in [-0.2, 0) is 14.8 Å². The summed E-state index contributed by atoms with van der Waals surface area (Å²) in [7, 11) is -3.69. The van der Waals surface area contributed by atoms with Crippen molar-refractivity contribution >= 4 is 44.2 Å². The molecule has 0 aliphatic carbocycles. The van der Waals surface area contributed by atoms with Crippen molar-refractivity contribution in [2.75, 3.05) is 24.2 Å². The van der Waals surface area contributed by atoms with Crippen molar-refractivity contribution in [2.45, 2.75) is 22.1 Å². The molecular formula is C17H19FN4O3S3. The second-order valence-electron chi connectivity index (χ2n) is 6.09. The maximum absolute atomic E-state index is 13.0. The van der Waals surface area contributed by atoms with Crippen LogP contribution < -0.4 is 5.32 Å². The summed E-state index contributed by atoms with van der Waals surface area (Å²) in [5, 5.41) is 11.1. The van der Waals surface area contributed by atoms with Crippen LogP contribution in [-0.4, -0.2) is 47.7 Å². The summed E-state index contributed by atoms with van der Waals surface area (Å²) in [6.45, 7) is 4.10. The number of halogens is 1. The molecule has 1 fully saturated rings. The fraction of sp³-hybridized carbons (Fsp3) is 0.353. The molecule has 7 nitrogen and oxygen atoms in total. The summed E-state index contributed by atoms with van der Waals surface area (Å²) in [6.07, 6.45) is 2.57. The number of thioether (sulfide) groups is 1. The monoisotopic (exact) mass is 442 g/mol. The molecule has 0 spiro atoms. The lowest BCUT2D eigenvalue weighted by molar-refractivity contribution is -0.120. The molecule has 2 aromatic rings. The van der Waals surface area contributed by atoms with Crippen molar-refractivity contribution < 1.29 is 17.6 Å². The van der Waals surface area contributed by atoms with Gasteiger partial charge in [-0.15, -0.1) is 16.8 Å². The molecule has 2 heterocycles. The number of carbonyl (C=O) groups excluding carboxylic acids is 1. The van der Waals surface area contributed by atoms with E-state index in [2.05, 4.69) is 22.1 Å². The number of aromatic nitrogens is 2. The Labute approximate surface area is 171 Å². The van der Waals surface area contributed by atoms with E-state index in [1.165, 1.54) is 39.5 Å². The predicted molar refractivity (Wildman–Crippen MR) is 107 cm³/mol. The molecule has 150 valence electrons. The third-order valence-corrected chi connectivity index (χ3v) is 8.12. The average molecular weight is 443 g/mol. The number of benzene rings is 1. The van der Waals surface area contributed by atoms with Crippen molar-refractivity contribution in [3.8, 4) is 0 Å². The Morgan fingerprint density at radius 1 is 1.32 bits per heavy atom. The van der Waals surface area contributed by atoms with E-state index >= 15 is 0 Å². The van der Waals surface area contributed by atoms with Crippen LogP contribution in [0.5, 0.6) is 0 Å². The van der Waals surface area contributed by atoms with Crippen LogP contribution >= 0.6 is 23.1 Å². The molecule has 0 bridgehead atoms. The Morgan fingerprint density at radius 3 is 2.64 bits per heavy atom. The largest absolute Gasteiger partial charge is 0.300 e. The molecule has 3 rings (SSSR count). The first-order chi connectivity index (χ1) is 13.4. The topological polar surface area (TPSA) is 92.3 Å². The maximum Gasteiger partial charge on any atom is 0.243 e. The van der Waals surface area contributed by atoms with Gasteiger partial charge in [-0.3, -0.25) is 4.79 Å². The molecule has 0 saturated carbocycles. The second kappa shape index (κ2) is 9.12. The van der Waals surface area contributed by atoms with Crippen molar-refractivity contribution in [1.82, 2.24) is 14.5 Å². The predicted octanol–water partition coefficient (Wildman–Crippen LogP) is 2.99. The van der Waals surface area contributed by atoms with E-state index in [9.17, 15) is 17.6 Å². The highest BCUT2D eigenvalue weighted by Crippen LogP contribution is 2.28. The molecule has 1 aliphatic heterocycles. The lowest BCUT2D eigenvalue weighted by Crippen LogP contribution is -2.41. The Hall–Kier alpha value is -1.82. The summed E-state index contributed by atoms with van der Waals surface area (Å²) in [5.74, 6) is -0.260. The van der Waals surface area contributed by atoms with Gasteiger partial charge in [-0.1, -0.05) is 29.2 Å². The van der Waals surface area contributed by atoms with Gasteiger partial charge >= 0.3 is 0 Å². The van der Waals surface area contributed by atoms with E-state index in [1.54, 1.807) is 6.08 Å².